The van der Waals surface area contributed by atoms with Crippen molar-refractivity contribution in [2.45, 2.75) is 30.2 Å². The number of hydrogen-bond acceptors (Lipinski definition) is 7. The quantitative estimate of drug-likeness (QED) is 0.334. The minimum absolute atomic E-state index is 0.0342. The van der Waals surface area contributed by atoms with Crippen LogP contribution in [0.15, 0.2) is 81.0 Å². The molecule has 4 aromatic rings. The first-order chi connectivity index (χ1) is 16.8. The average molecular weight is 507 g/mol. The van der Waals surface area contributed by atoms with Gasteiger partial charge in [-0.2, -0.15) is 9.29 Å². The number of fused-ring (bicyclic) bond motifs is 1. The van der Waals surface area contributed by atoms with Crippen molar-refractivity contribution in [2.75, 3.05) is 15.5 Å². The highest BCUT2D eigenvalue weighted by Crippen LogP contribution is 2.39. The lowest BCUT2D eigenvalue weighted by atomic mass is 10.1. The van der Waals surface area contributed by atoms with Gasteiger partial charge in [0.1, 0.15) is 11.4 Å². The Kier molecular flexibility index (Phi) is 5.86. The second kappa shape index (κ2) is 8.86. The van der Waals surface area contributed by atoms with E-state index in [0.717, 1.165) is 20.3 Å². The van der Waals surface area contributed by atoms with Gasteiger partial charge in [0.05, 0.1) is 11.4 Å². The summed E-state index contributed by atoms with van der Waals surface area (Å²) in [5.74, 6) is 0.584. The number of anilines is 2. The summed E-state index contributed by atoms with van der Waals surface area (Å²) >= 11 is 1.63. The van der Waals surface area contributed by atoms with Gasteiger partial charge in [-0.3, -0.25) is 4.90 Å². The van der Waals surface area contributed by atoms with E-state index in [2.05, 4.69) is 10.1 Å². The van der Waals surface area contributed by atoms with E-state index < -0.39 is 16.1 Å². The fourth-order valence-corrected chi connectivity index (χ4v) is 6.11. The van der Waals surface area contributed by atoms with Crippen molar-refractivity contribution in [2.24, 2.45) is 0 Å². The van der Waals surface area contributed by atoms with Crippen molar-refractivity contribution in [1.29, 1.82) is 0 Å². The number of amides is 2. The lowest BCUT2D eigenvalue weighted by molar-refractivity contribution is 0.252. The highest BCUT2D eigenvalue weighted by molar-refractivity contribution is 7.98. The number of aryl methyl sites for hydroxylation is 2. The van der Waals surface area contributed by atoms with Crippen molar-refractivity contribution in [1.82, 2.24) is 10.1 Å². The van der Waals surface area contributed by atoms with Gasteiger partial charge >= 0.3 is 6.03 Å². The second-order valence-electron chi connectivity index (χ2n) is 8.14. The first-order valence-corrected chi connectivity index (χ1v) is 13.5. The molecule has 1 aromatic heterocycles. The first-order valence-electron chi connectivity index (χ1n) is 10.8. The van der Waals surface area contributed by atoms with Crippen molar-refractivity contribution in [3.8, 4) is 11.4 Å². The SMILES string of the molecule is CSc1ccc(-c2noc(CN3C(=O)N(c4ccc(C)cc4C)S(=O)(=O)c4ccccc43)n2)cc1. The fraction of sp³-hybridized carbons (Fsp3) is 0.160. The summed E-state index contributed by atoms with van der Waals surface area (Å²) in [6.45, 7) is 3.61. The molecule has 5 rings (SSSR count). The average Bonchev–Trinajstić information content (AvgIpc) is 3.32. The highest BCUT2D eigenvalue weighted by atomic mass is 32.2. The number of carbonyl (C=O) groups excluding carboxylic acids is 1. The normalized spacial score (nSPS) is 14.8. The van der Waals surface area contributed by atoms with Gasteiger partial charge in [0.25, 0.3) is 10.0 Å². The Labute approximate surface area is 207 Å². The molecule has 2 heterocycles. The molecule has 0 aliphatic carbocycles. The molecule has 2 amide bonds. The van der Waals surface area contributed by atoms with E-state index in [0.29, 0.717) is 17.1 Å². The molecule has 0 saturated heterocycles. The van der Waals surface area contributed by atoms with E-state index >= 15 is 0 Å². The predicted molar refractivity (Wildman–Crippen MR) is 135 cm³/mol. The van der Waals surface area contributed by atoms with E-state index in [1.54, 1.807) is 49.0 Å². The molecule has 0 saturated carbocycles. The summed E-state index contributed by atoms with van der Waals surface area (Å²) in [5, 5.41) is 4.06. The van der Waals surface area contributed by atoms with Crippen LogP contribution < -0.4 is 9.21 Å². The van der Waals surface area contributed by atoms with Crippen LogP contribution in [0.3, 0.4) is 0 Å². The van der Waals surface area contributed by atoms with Crippen LogP contribution in [-0.2, 0) is 16.6 Å². The minimum Gasteiger partial charge on any atom is -0.337 e. The maximum Gasteiger partial charge on any atom is 0.343 e. The Morgan fingerprint density at radius 3 is 2.43 bits per heavy atom. The topological polar surface area (TPSA) is 96.6 Å². The Morgan fingerprint density at radius 1 is 0.971 bits per heavy atom. The maximum atomic E-state index is 13.7. The molecular weight excluding hydrogens is 484 g/mol. The molecule has 0 spiro atoms. The van der Waals surface area contributed by atoms with Gasteiger partial charge in [-0.15, -0.1) is 11.8 Å². The summed E-state index contributed by atoms with van der Waals surface area (Å²) in [6, 6.07) is 18.7. The molecule has 178 valence electrons. The molecule has 0 unspecified atom stereocenters. The zero-order valence-corrected chi connectivity index (χ0v) is 20.9. The van der Waals surface area contributed by atoms with Crippen LogP contribution >= 0.6 is 11.8 Å². The van der Waals surface area contributed by atoms with Crippen molar-refractivity contribution < 1.29 is 17.7 Å². The molecule has 0 N–H and O–H groups in total. The number of aromatic nitrogens is 2. The Balaban J connectivity index is 1.54. The number of hydrogen-bond donors (Lipinski definition) is 0. The minimum atomic E-state index is -4.12. The number of para-hydroxylation sites is 1. The maximum absolute atomic E-state index is 13.7. The molecule has 3 aromatic carbocycles. The highest BCUT2D eigenvalue weighted by Gasteiger charge is 2.43. The number of sulfonamides is 1. The molecular formula is C25H22N4O4S2. The molecule has 0 bridgehead atoms. The summed E-state index contributed by atoms with van der Waals surface area (Å²) < 4.78 is 33.3. The zero-order chi connectivity index (χ0) is 24.7. The van der Waals surface area contributed by atoms with Gasteiger partial charge < -0.3 is 4.52 Å². The van der Waals surface area contributed by atoms with Crippen LogP contribution in [0, 0.1) is 13.8 Å². The van der Waals surface area contributed by atoms with Crippen molar-refractivity contribution in [3.05, 3.63) is 83.7 Å². The number of carbonyl (C=O) groups is 1. The Hall–Kier alpha value is -3.63. The van der Waals surface area contributed by atoms with Crippen molar-refractivity contribution in [3.63, 3.8) is 0 Å². The monoisotopic (exact) mass is 506 g/mol. The number of thioether (sulfide) groups is 1. The van der Waals surface area contributed by atoms with Crippen LogP contribution in [-0.4, -0.2) is 30.8 Å². The summed E-state index contributed by atoms with van der Waals surface area (Å²) in [7, 11) is -4.12. The summed E-state index contributed by atoms with van der Waals surface area (Å²) in [6.07, 6.45) is 2.00. The Bertz CT molecular complexity index is 1530. The molecule has 0 fully saturated rings. The zero-order valence-electron chi connectivity index (χ0n) is 19.3. The van der Waals surface area contributed by atoms with Gasteiger partial charge in [-0.1, -0.05) is 35.0 Å². The van der Waals surface area contributed by atoms with Gasteiger partial charge in [0.2, 0.25) is 11.7 Å². The summed E-state index contributed by atoms with van der Waals surface area (Å²) in [5.41, 5.74) is 3.00. The van der Waals surface area contributed by atoms with E-state index in [4.69, 9.17) is 4.52 Å². The molecule has 0 atom stereocenters. The van der Waals surface area contributed by atoms with Crippen LogP contribution in [0.4, 0.5) is 16.2 Å². The molecule has 1 aliphatic heterocycles. The number of rotatable bonds is 5. The first kappa shape index (κ1) is 23.1. The molecule has 0 radical (unpaired) electrons. The lowest BCUT2D eigenvalue weighted by Gasteiger charge is -2.36. The molecule has 35 heavy (non-hydrogen) atoms. The lowest BCUT2D eigenvalue weighted by Crippen LogP contribution is -2.51. The number of nitrogens with zero attached hydrogens (tertiary/aromatic N) is 4. The van der Waals surface area contributed by atoms with Gasteiger partial charge in [0.15, 0.2) is 0 Å². The third kappa shape index (κ3) is 4.08. The predicted octanol–water partition coefficient (Wildman–Crippen LogP) is 5.41. The van der Waals surface area contributed by atoms with Gasteiger partial charge in [-0.25, -0.2) is 13.2 Å². The van der Waals surface area contributed by atoms with Gasteiger partial charge in [0, 0.05) is 10.5 Å². The van der Waals surface area contributed by atoms with Crippen LogP contribution in [0.25, 0.3) is 11.4 Å². The van der Waals surface area contributed by atoms with Crippen LogP contribution in [0.1, 0.15) is 17.0 Å². The van der Waals surface area contributed by atoms with Crippen LogP contribution in [0.2, 0.25) is 0 Å². The number of urea groups is 1. The van der Waals surface area contributed by atoms with E-state index in [9.17, 15) is 13.2 Å². The molecule has 10 heteroatoms. The number of benzene rings is 3. The molecule has 8 nitrogen and oxygen atoms in total. The largest absolute Gasteiger partial charge is 0.343 e. The van der Waals surface area contributed by atoms with E-state index in [1.165, 1.54) is 11.0 Å². The van der Waals surface area contributed by atoms with Crippen LogP contribution in [0.5, 0.6) is 0 Å². The summed E-state index contributed by atoms with van der Waals surface area (Å²) in [4.78, 5) is 20.6. The Morgan fingerprint density at radius 2 is 1.71 bits per heavy atom. The third-order valence-corrected chi connectivity index (χ3v) is 8.24. The van der Waals surface area contributed by atoms with E-state index in [1.807, 2.05) is 43.5 Å². The molecule has 1 aliphatic rings. The fourth-order valence-electron chi connectivity index (χ4n) is 4.04. The third-order valence-electron chi connectivity index (χ3n) is 5.76. The standard InChI is InChI=1S/C25H22N4O4S2/c1-16-8-13-20(17(2)14-16)29-25(30)28(21-6-4-5-7-22(21)35(29,31)32)15-23-26-24(27-33-23)18-9-11-19(34-3)12-10-18/h4-14H,15H2,1-3H3. The smallest absolute Gasteiger partial charge is 0.337 e. The second-order valence-corrected chi connectivity index (χ2v) is 10.8. The van der Waals surface area contributed by atoms with Crippen molar-refractivity contribution >= 4 is 39.2 Å². The van der Waals surface area contributed by atoms with Gasteiger partial charge in [-0.05, 0) is 68.1 Å². The van der Waals surface area contributed by atoms with E-state index in [-0.39, 0.29) is 23.0 Å².